The molecular formula is C17H10Cl2NO4S2-. The Bertz CT molecular complexity index is 954. The van der Waals surface area contributed by atoms with Gasteiger partial charge >= 0.3 is 0 Å². The van der Waals surface area contributed by atoms with Crippen molar-refractivity contribution in [3.05, 3.63) is 51.0 Å². The number of amides is 1. The molecular weight excluding hydrogens is 417 g/mol. The molecule has 1 aromatic carbocycles. The number of benzene rings is 1. The Labute approximate surface area is 168 Å². The maximum absolute atomic E-state index is 12.4. The van der Waals surface area contributed by atoms with Crippen LogP contribution in [0.1, 0.15) is 12.7 Å². The summed E-state index contributed by atoms with van der Waals surface area (Å²) in [6.07, 6.45) is 1.52. The number of carboxylic acid groups (broad SMARTS) is 1. The second-order valence-corrected chi connectivity index (χ2v) is 7.87. The van der Waals surface area contributed by atoms with Gasteiger partial charge in [0.2, 0.25) is 0 Å². The molecule has 2 aromatic rings. The summed E-state index contributed by atoms with van der Waals surface area (Å²) in [4.78, 5) is 24.7. The number of hydrogen-bond donors (Lipinski definition) is 0. The fourth-order valence-corrected chi connectivity index (χ4v) is 3.98. The van der Waals surface area contributed by atoms with Gasteiger partial charge in [0.05, 0.1) is 27.0 Å². The van der Waals surface area contributed by atoms with Gasteiger partial charge in [-0.1, -0.05) is 47.2 Å². The number of nitrogens with zero attached hydrogens (tertiary/aromatic N) is 1. The summed E-state index contributed by atoms with van der Waals surface area (Å²) in [6.45, 7) is 1.35. The van der Waals surface area contributed by atoms with Crippen molar-refractivity contribution < 1.29 is 19.1 Å². The van der Waals surface area contributed by atoms with E-state index in [0.717, 1.165) is 22.2 Å². The number of thioether (sulfide) groups is 1. The van der Waals surface area contributed by atoms with E-state index in [1.807, 2.05) is 0 Å². The standard InChI is InChI=1S/C17H11Cl2NO4S2/c1-8(16(22)23)20-15(21)14(26-17(20)25)7-10-3-5-13(24-10)9-2-4-11(18)12(19)6-9/h2-8H,1H3,(H,22,23)/p-1. The minimum atomic E-state index is -1.37. The summed E-state index contributed by atoms with van der Waals surface area (Å²) in [5.41, 5.74) is 0.733. The van der Waals surface area contributed by atoms with Crippen molar-refractivity contribution in [3.63, 3.8) is 0 Å². The number of hydrogen-bond acceptors (Lipinski definition) is 6. The fourth-order valence-electron chi connectivity index (χ4n) is 2.28. The topological polar surface area (TPSA) is 73.6 Å². The average molecular weight is 427 g/mol. The van der Waals surface area contributed by atoms with E-state index in [2.05, 4.69) is 0 Å². The lowest BCUT2D eigenvalue weighted by Gasteiger charge is -2.23. The van der Waals surface area contributed by atoms with Gasteiger partial charge in [0.1, 0.15) is 15.8 Å². The van der Waals surface area contributed by atoms with Crippen LogP contribution >= 0.6 is 47.2 Å². The fraction of sp³-hybridized carbons (Fsp3) is 0.118. The highest BCUT2D eigenvalue weighted by Gasteiger charge is 2.36. The molecule has 1 atom stereocenters. The SMILES string of the molecule is CC(C(=O)[O-])N1C(=O)C(=Cc2ccc(-c3ccc(Cl)c(Cl)c3)o2)SC1=S. The van der Waals surface area contributed by atoms with Gasteiger partial charge in [-0.3, -0.25) is 9.69 Å². The lowest BCUT2D eigenvalue weighted by molar-refractivity contribution is -0.309. The van der Waals surface area contributed by atoms with Crippen molar-refractivity contribution in [1.82, 2.24) is 4.90 Å². The highest BCUT2D eigenvalue weighted by atomic mass is 35.5. The van der Waals surface area contributed by atoms with Crippen LogP contribution in [0.25, 0.3) is 17.4 Å². The second-order valence-electron chi connectivity index (χ2n) is 5.38. The van der Waals surface area contributed by atoms with E-state index < -0.39 is 17.9 Å². The van der Waals surface area contributed by atoms with E-state index in [-0.39, 0.29) is 9.23 Å². The summed E-state index contributed by atoms with van der Waals surface area (Å²) < 4.78 is 5.88. The summed E-state index contributed by atoms with van der Waals surface area (Å²) in [6, 6.07) is 7.37. The lowest BCUT2D eigenvalue weighted by atomic mass is 10.2. The molecule has 0 N–H and O–H groups in total. The predicted octanol–water partition coefficient (Wildman–Crippen LogP) is 3.59. The van der Waals surface area contributed by atoms with Gasteiger partial charge in [0.25, 0.3) is 5.91 Å². The first-order valence-corrected chi connectivity index (χ1v) is 9.29. The van der Waals surface area contributed by atoms with Crippen LogP contribution in [0.3, 0.4) is 0 Å². The Morgan fingerprint density at radius 2 is 2.04 bits per heavy atom. The van der Waals surface area contributed by atoms with Crippen molar-refractivity contribution >= 4 is 69.5 Å². The van der Waals surface area contributed by atoms with E-state index in [1.54, 1.807) is 30.3 Å². The first-order chi connectivity index (χ1) is 12.3. The van der Waals surface area contributed by atoms with Crippen molar-refractivity contribution in [3.8, 4) is 11.3 Å². The summed E-state index contributed by atoms with van der Waals surface area (Å²) in [5, 5.41) is 11.9. The van der Waals surface area contributed by atoms with Gasteiger partial charge < -0.3 is 14.3 Å². The van der Waals surface area contributed by atoms with Gasteiger partial charge in [-0.15, -0.1) is 0 Å². The summed E-state index contributed by atoms with van der Waals surface area (Å²) in [5.74, 6) is -0.896. The van der Waals surface area contributed by atoms with Gasteiger partial charge in [0, 0.05) is 11.6 Å². The molecule has 2 heterocycles. The van der Waals surface area contributed by atoms with Gasteiger partial charge in [-0.2, -0.15) is 0 Å². The predicted molar refractivity (Wildman–Crippen MR) is 104 cm³/mol. The van der Waals surface area contributed by atoms with Crippen LogP contribution in [-0.4, -0.2) is 27.1 Å². The first kappa shape index (κ1) is 19.0. The zero-order chi connectivity index (χ0) is 19.0. The normalized spacial score (nSPS) is 17.2. The maximum Gasteiger partial charge on any atom is 0.266 e. The summed E-state index contributed by atoms with van der Waals surface area (Å²) in [7, 11) is 0. The molecule has 9 heteroatoms. The molecule has 5 nitrogen and oxygen atoms in total. The quantitative estimate of drug-likeness (QED) is 0.549. The molecule has 1 aliphatic heterocycles. The Hall–Kier alpha value is -1.80. The number of halogens is 2. The molecule has 1 aliphatic rings. The van der Waals surface area contributed by atoms with E-state index in [0.29, 0.717) is 21.6 Å². The van der Waals surface area contributed by atoms with E-state index >= 15 is 0 Å². The zero-order valence-corrected chi connectivity index (χ0v) is 16.3. The van der Waals surface area contributed by atoms with Crippen LogP contribution in [0.5, 0.6) is 0 Å². The van der Waals surface area contributed by atoms with Crippen LogP contribution in [0.15, 0.2) is 39.7 Å². The third-order valence-corrected chi connectivity index (χ3v) is 5.73. The number of carboxylic acids is 1. The molecule has 1 fully saturated rings. The summed E-state index contributed by atoms with van der Waals surface area (Å²) >= 11 is 18.0. The molecule has 1 unspecified atom stereocenters. The molecule has 3 rings (SSSR count). The third kappa shape index (κ3) is 3.66. The Kier molecular flexibility index (Phi) is 5.43. The number of carbonyl (C=O) groups excluding carboxylic acids is 2. The molecule has 0 saturated carbocycles. The largest absolute Gasteiger partial charge is 0.548 e. The van der Waals surface area contributed by atoms with Crippen LogP contribution < -0.4 is 5.11 Å². The van der Waals surface area contributed by atoms with Gasteiger partial charge in [-0.25, -0.2) is 0 Å². The number of furan rings is 1. The molecule has 26 heavy (non-hydrogen) atoms. The molecule has 1 amide bonds. The molecule has 1 aromatic heterocycles. The molecule has 134 valence electrons. The van der Waals surface area contributed by atoms with Crippen LogP contribution in [0.4, 0.5) is 0 Å². The second kappa shape index (κ2) is 7.44. The van der Waals surface area contributed by atoms with E-state index in [9.17, 15) is 14.7 Å². The number of carbonyl (C=O) groups is 2. The average Bonchev–Trinajstić information content (AvgIpc) is 3.15. The Morgan fingerprint density at radius 1 is 1.31 bits per heavy atom. The monoisotopic (exact) mass is 426 g/mol. The molecule has 0 radical (unpaired) electrons. The number of thiocarbonyl (C=S) groups is 1. The minimum Gasteiger partial charge on any atom is -0.548 e. The number of rotatable bonds is 4. The molecule has 0 bridgehead atoms. The highest BCUT2D eigenvalue weighted by molar-refractivity contribution is 8.26. The minimum absolute atomic E-state index is 0.161. The first-order valence-electron chi connectivity index (χ1n) is 7.31. The van der Waals surface area contributed by atoms with E-state index in [1.165, 1.54) is 13.0 Å². The van der Waals surface area contributed by atoms with Crippen molar-refractivity contribution in [1.29, 1.82) is 0 Å². The van der Waals surface area contributed by atoms with Crippen molar-refractivity contribution in [2.24, 2.45) is 0 Å². The third-order valence-electron chi connectivity index (χ3n) is 3.66. The van der Waals surface area contributed by atoms with Crippen LogP contribution in [0, 0.1) is 0 Å². The zero-order valence-electron chi connectivity index (χ0n) is 13.2. The van der Waals surface area contributed by atoms with Gasteiger partial charge in [-0.05, 0) is 37.3 Å². The van der Waals surface area contributed by atoms with Crippen LogP contribution in [0.2, 0.25) is 10.0 Å². The molecule has 0 aliphatic carbocycles. The Balaban J connectivity index is 1.86. The Morgan fingerprint density at radius 3 is 2.69 bits per heavy atom. The van der Waals surface area contributed by atoms with Crippen molar-refractivity contribution in [2.45, 2.75) is 13.0 Å². The van der Waals surface area contributed by atoms with E-state index in [4.69, 9.17) is 39.8 Å². The van der Waals surface area contributed by atoms with Crippen molar-refractivity contribution in [2.75, 3.05) is 0 Å². The van der Waals surface area contributed by atoms with Crippen LogP contribution in [-0.2, 0) is 9.59 Å². The highest BCUT2D eigenvalue weighted by Crippen LogP contribution is 2.35. The molecule has 1 saturated heterocycles. The lowest BCUT2D eigenvalue weighted by Crippen LogP contribution is -2.48. The smallest absolute Gasteiger partial charge is 0.266 e. The maximum atomic E-state index is 12.4. The molecule has 0 spiro atoms. The number of aliphatic carboxylic acids is 1. The van der Waals surface area contributed by atoms with Gasteiger partial charge in [0.15, 0.2) is 0 Å².